The number of nitrogens with one attached hydrogen (secondary N) is 2. The fourth-order valence-corrected chi connectivity index (χ4v) is 3.27. The van der Waals surface area contributed by atoms with Gasteiger partial charge in [0.05, 0.1) is 13.1 Å². The van der Waals surface area contributed by atoms with E-state index in [0.29, 0.717) is 11.6 Å². The Bertz CT molecular complexity index is 755. The summed E-state index contributed by atoms with van der Waals surface area (Å²) in [6.45, 7) is 4.30. The lowest BCUT2D eigenvalue weighted by molar-refractivity contribution is -0.886. The van der Waals surface area contributed by atoms with E-state index in [4.69, 9.17) is 11.6 Å². The number of rotatable bonds is 4. The van der Waals surface area contributed by atoms with Gasteiger partial charge in [-0.25, -0.2) is 0 Å². The van der Waals surface area contributed by atoms with Crippen LogP contribution in [-0.4, -0.2) is 25.5 Å². The van der Waals surface area contributed by atoms with Crippen LogP contribution in [-0.2, 0) is 4.79 Å². The maximum Gasteiger partial charge on any atom is 0.279 e. The Morgan fingerprint density at radius 3 is 2.67 bits per heavy atom. The molecule has 2 aromatic rings. The molecule has 124 valence electrons. The van der Waals surface area contributed by atoms with Crippen molar-refractivity contribution in [2.24, 2.45) is 0 Å². The summed E-state index contributed by atoms with van der Waals surface area (Å²) in [5.74, 6) is 0.0481. The van der Waals surface area contributed by atoms with Crippen molar-refractivity contribution in [3.63, 3.8) is 0 Å². The molecule has 0 fully saturated rings. The van der Waals surface area contributed by atoms with Gasteiger partial charge in [-0.3, -0.25) is 4.79 Å². The molecule has 1 aliphatic heterocycles. The molecule has 1 atom stereocenters. The number of carbonyl (C=O) groups is 1. The molecule has 3 rings (SSSR count). The molecule has 1 heterocycles. The Hall–Kier alpha value is -2.10. The van der Waals surface area contributed by atoms with Crippen molar-refractivity contribution in [2.45, 2.75) is 13.3 Å². The van der Waals surface area contributed by atoms with Gasteiger partial charge >= 0.3 is 0 Å². The molecule has 4 heteroatoms. The van der Waals surface area contributed by atoms with Gasteiger partial charge < -0.3 is 10.2 Å². The molecule has 0 aliphatic carbocycles. The van der Waals surface area contributed by atoms with Crippen LogP contribution in [0.3, 0.4) is 0 Å². The van der Waals surface area contributed by atoms with Crippen LogP contribution in [0.4, 0.5) is 5.69 Å². The number of hydrogen-bond donors (Lipinski definition) is 2. The third-order valence-corrected chi connectivity index (χ3v) is 4.64. The van der Waals surface area contributed by atoms with Gasteiger partial charge in [-0.15, -0.1) is 0 Å². The van der Waals surface area contributed by atoms with Crippen molar-refractivity contribution in [2.75, 3.05) is 25.0 Å². The van der Waals surface area contributed by atoms with Gasteiger partial charge in [0.15, 0.2) is 6.54 Å². The second-order valence-electron chi connectivity index (χ2n) is 6.23. The van der Waals surface area contributed by atoms with Crippen LogP contribution in [0.15, 0.2) is 54.6 Å². The first-order chi connectivity index (χ1) is 11.6. The summed E-state index contributed by atoms with van der Waals surface area (Å²) in [4.78, 5) is 13.6. The topological polar surface area (TPSA) is 33.5 Å². The number of halogens is 1. The van der Waals surface area contributed by atoms with E-state index in [2.05, 4.69) is 35.7 Å². The molecule has 0 aromatic heterocycles. The Morgan fingerprint density at radius 1 is 1.21 bits per heavy atom. The standard InChI is InChI=1S/C20H21ClN2O/c1-15-13-18(21)7-8-19(15)22-20(24)14-23-11-9-17(10-12-23)16-5-3-2-4-6-16/h2-9,13H,10-12,14H2,1H3,(H,22,24)/p+1. The van der Waals surface area contributed by atoms with Gasteiger partial charge in [-0.1, -0.05) is 41.9 Å². The number of amides is 1. The van der Waals surface area contributed by atoms with Gasteiger partial charge in [0.2, 0.25) is 0 Å². The van der Waals surface area contributed by atoms with Gasteiger partial charge in [-0.2, -0.15) is 0 Å². The highest BCUT2D eigenvalue weighted by Crippen LogP contribution is 2.19. The summed E-state index contributed by atoms with van der Waals surface area (Å²) in [5.41, 5.74) is 4.49. The van der Waals surface area contributed by atoms with Crippen molar-refractivity contribution in [1.29, 1.82) is 0 Å². The summed E-state index contributed by atoms with van der Waals surface area (Å²) >= 11 is 5.95. The SMILES string of the molecule is Cc1cc(Cl)ccc1NC(=O)C[NH+]1CC=C(c2ccccc2)CC1. The van der Waals surface area contributed by atoms with Crippen LogP contribution in [0.1, 0.15) is 17.5 Å². The van der Waals surface area contributed by atoms with E-state index in [1.165, 1.54) is 16.0 Å². The number of benzene rings is 2. The molecule has 1 unspecified atom stereocenters. The summed E-state index contributed by atoms with van der Waals surface area (Å²) in [5, 5.41) is 3.67. The summed E-state index contributed by atoms with van der Waals surface area (Å²) < 4.78 is 0. The maximum atomic E-state index is 12.3. The molecule has 0 saturated heterocycles. The zero-order valence-electron chi connectivity index (χ0n) is 13.8. The largest absolute Gasteiger partial charge is 0.324 e. The highest BCUT2D eigenvalue weighted by molar-refractivity contribution is 6.30. The molecule has 0 bridgehead atoms. The minimum Gasteiger partial charge on any atom is -0.324 e. The lowest BCUT2D eigenvalue weighted by atomic mass is 10.00. The van der Waals surface area contributed by atoms with Crippen molar-refractivity contribution in [1.82, 2.24) is 0 Å². The van der Waals surface area contributed by atoms with Gasteiger partial charge in [0, 0.05) is 17.1 Å². The monoisotopic (exact) mass is 341 g/mol. The lowest BCUT2D eigenvalue weighted by Crippen LogP contribution is -3.13. The van der Waals surface area contributed by atoms with E-state index < -0.39 is 0 Å². The highest BCUT2D eigenvalue weighted by Gasteiger charge is 2.19. The molecule has 0 saturated carbocycles. The molecule has 1 amide bonds. The Labute approximate surface area is 147 Å². The van der Waals surface area contributed by atoms with Crippen LogP contribution in [0.25, 0.3) is 5.57 Å². The van der Waals surface area contributed by atoms with E-state index in [9.17, 15) is 4.79 Å². The predicted molar refractivity (Wildman–Crippen MR) is 99.4 cm³/mol. The number of hydrogen-bond acceptors (Lipinski definition) is 1. The first-order valence-corrected chi connectivity index (χ1v) is 8.63. The highest BCUT2D eigenvalue weighted by atomic mass is 35.5. The summed E-state index contributed by atoms with van der Waals surface area (Å²) in [6.07, 6.45) is 3.27. The molecule has 3 nitrogen and oxygen atoms in total. The zero-order valence-corrected chi connectivity index (χ0v) is 14.6. The van der Waals surface area contributed by atoms with Gasteiger partial charge in [-0.05, 0) is 47.9 Å². The number of quaternary nitrogens is 1. The lowest BCUT2D eigenvalue weighted by Gasteiger charge is -2.23. The van der Waals surface area contributed by atoms with E-state index >= 15 is 0 Å². The number of anilines is 1. The fraction of sp³-hybridized carbons (Fsp3) is 0.250. The van der Waals surface area contributed by atoms with Crippen LogP contribution in [0.5, 0.6) is 0 Å². The smallest absolute Gasteiger partial charge is 0.279 e. The molecular formula is C20H22ClN2O+. The number of carbonyl (C=O) groups excluding carboxylic acids is 1. The average molecular weight is 342 g/mol. The Balaban J connectivity index is 1.56. The summed E-state index contributed by atoms with van der Waals surface area (Å²) in [7, 11) is 0. The second-order valence-corrected chi connectivity index (χ2v) is 6.67. The third-order valence-electron chi connectivity index (χ3n) is 4.40. The fourth-order valence-electron chi connectivity index (χ4n) is 3.05. The van der Waals surface area contributed by atoms with Crippen molar-refractivity contribution in [3.05, 3.63) is 70.8 Å². The molecule has 2 aromatic carbocycles. The zero-order chi connectivity index (χ0) is 16.9. The molecule has 0 radical (unpaired) electrons. The van der Waals surface area contributed by atoms with Gasteiger partial charge in [0.1, 0.15) is 0 Å². The average Bonchev–Trinajstić information content (AvgIpc) is 2.59. The molecular weight excluding hydrogens is 320 g/mol. The van der Waals surface area contributed by atoms with Crippen LogP contribution >= 0.6 is 11.6 Å². The van der Waals surface area contributed by atoms with Crippen molar-refractivity contribution >= 4 is 28.8 Å². The molecule has 0 spiro atoms. The molecule has 2 N–H and O–H groups in total. The van der Waals surface area contributed by atoms with E-state index in [1.807, 2.05) is 25.1 Å². The van der Waals surface area contributed by atoms with Crippen molar-refractivity contribution in [3.8, 4) is 0 Å². The van der Waals surface area contributed by atoms with E-state index in [0.717, 1.165) is 30.8 Å². The normalized spacial score (nSPS) is 17.2. The van der Waals surface area contributed by atoms with Crippen LogP contribution in [0, 0.1) is 6.92 Å². The molecule has 24 heavy (non-hydrogen) atoms. The minimum atomic E-state index is 0.0481. The molecule has 1 aliphatic rings. The summed E-state index contributed by atoms with van der Waals surface area (Å²) in [6, 6.07) is 16.0. The second kappa shape index (κ2) is 7.65. The Kier molecular flexibility index (Phi) is 5.34. The van der Waals surface area contributed by atoms with Crippen LogP contribution in [0.2, 0.25) is 5.02 Å². The maximum absolute atomic E-state index is 12.3. The van der Waals surface area contributed by atoms with Crippen LogP contribution < -0.4 is 10.2 Å². The van der Waals surface area contributed by atoms with Crippen molar-refractivity contribution < 1.29 is 9.69 Å². The first-order valence-electron chi connectivity index (χ1n) is 8.26. The number of aryl methyl sites for hydroxylation is 1. The third kappa shape index (κ3) is 4.25. The minimum absolute atomic E-state index is 0.0481. The predicted octanol–water partition coefficient (Wildman–Crippen LogP) is 2.96. The van der Waals surface area contributed by atoms with E-state index in [-0.39, 0.29) is 5.91 Å². The Morgan fingerprint density at radius 2 is 2.00 bits per heavy atom. The van der Waals surface area contributed by atoms with Gasteiger partial charge in [0.25, 0.3) is 5.91 Å². The van der Waals surface area contributed by atoms with E-state index in [1.54, 1.807) is 6.07 Å². The first kappa shape index (κ1) is 16.7. The quantitative estimate of drug-likeness (QED) is 0.880.